The van der Waals surface area contributed by atoms with E-state index in [0.29, 0.717) is 18.4 Å². The molecular formula is C14H20N2S. The minimum Gasteiger partial charge on any atom is -0.330 e. The predicted octanol–water partition coefficient (Wildman–Crippen LogP) is 3.69. The molecule has 1 atom stereocenters. The Bertz CT molecular complexity index is 502. The molecule has 92 valence electrons. The van der Waals surface area contributed by atoms with E-state index < -0.39 is 0 Å². The second-order valence-electron chi connectivity index (χ2n) is 5.04. The van der Waals surface area contributed by atoms with Crippen LogP contribution in [0.4, 0.5) is 0 Å². The Morgan fingerprint density at radius 2 is 2.12 bits per heavy atom. The van der Waals surface area contributed by atoms with Crippen LogP contribution >= 0.6 is 11.3 Å². The fourth-order valence-corrected chi connectivity index (χ4v) is 3.32. The number of fused-ring (bicyclic) bond motifs is 1. The third-order valence-corrected chi connectivity index (χ3v) is 4.21. The Balaban J connectivity index is 2.37. The minimum atomic E-state index is 0.409. The summed E-state index contributed by atoms with van der Waals surface area (Å²) >= 11 is 1.79. The van der Waals surface area contributed by atoms with Gasteiger partial charge in [-0.05, 0) is 30.9 Å². The molecule has 2 N–H and O–H groups in total. The van der Waals surface area contributed by atoms with Gasteiger partial charge in [-0.1, -0.05) is 26.0 Å². The number of para-hydroxylation sites is 1. The second-order valence-corrected chi connectivity index (χ2v) is 6.10. The molecule has 0 aliphatic heterocycles. The van der Waals surface area contributed by atoms with Gasteiger partial charge in [0.15, 0.2) is 0 Å². The quantitative estimate of drug-likeness (QED) is 0.896. The van der Waals surface area contributed by atoms with Gasteiger partial charge >= 0.3 is 0 Å². The van der Waals surface area contributed by atoms with Crippen LogP contribution in [-0.4, -0.2) is 11.5 Å². The molecule has 2 nitrogen and oxygen atoms in total. The Morgan fingerprint density at radius 3 is 2.71 bits per heavy atom. The predicted molar refractivity (Wildman–Crippen MR) is 75.6 cm³/mol. The number of hydrogen-bond donors (Lipinski definition) is 1. The van der Waals surface area contributed by atoms with E-state index in [2.05, 4.69) is 39.0 Å². The van der Waals surface area contributed by atoms with E-state index in [4.69, 9.17) is 10.7 Å². The zero-order chi connectivity index (χ0) is 12.4. The van der Waals surface area contributed by atoms with Crippen molar-refractivity contribution in [2.45, 2.75) is 33.1 Å². The zero-order valence-corrected chi connectivity index (χ0v) is 11.6. The highest BCUT2D eigenvalue weighted by atomic mass is 32.1. The van der Waals surface area contributed by atoms with Crippen LogP contribution in [0.5, 0.6) is 0 Å². The van der Waals surface area contributed by atoms with Crippen molar-refractivity contribution in [2.75, 3.05) is 6.54 Å². The fourth-order valence-electron chi connectivity index (χ4n) is 2.14. The van der Waals surface area contributed by atoms with Gasteiger partial charge in [0.2, 0.25) is 0 Å². The van der Waals surface area contributed by atoms with Crippen molar-refractivity contribution in [2.24, 2.45) is 11.7 Å². The SMILES string of the molecule is Cc1cccc2sc(C(CN)CC(C)C)nc12. The van der Waals surface area contributed by atoms with Gasteiger partial charge in [-0.15, -0.1) is 11.3 Å². The molecule has 3 heteroatoms. The normalized spacial score (nSPS) is 13.5. The van der Waals surface area contributed by atoms with Crippen molar-refractivity contribution >= 4 is 21.6 Å². The van der Waals surface area contributed by atoms with Crippen LogP contribution in [0.1, 0.15) is 36.8 Å². The highest BCUT2D eigenvalue weighted by Crippen LogP contribution is 2.31. The molecule has 0 bridgehead atoms. The number of thiazole rings is 1. The maximum Gasteiger partial charge on any atom is 0.0982 e. The standard InChI is InChI=1S/C14H20N2S/c1-9(2)7-11(8-15)14-16-13-10(3)5-4-6-12(13)17-14/h4-6,9,11H,7-8,15H2,1-3H3. The summed E-state index contributed by atoms with van der Waals surface area (Å²) in [5.74, 6) is 1.07. The zero-order valence-electron chi connectivity index (χ0n) is 10.7. The van der Waals surface area contributed by atoms with E-state index in [1.807, 2.05) is 0 Å². The summed E-state index contributed by atoms with van der Waals surface area (Å²) in [6.45, 7) is 7.28. The first-order valence-corrected chi connectivity index (χ1v) is 6.99. The molecule has 0 radical (unpaired) electrons. The summed E-state index contributed by atoms with van der Waals surface area (Å²) in [5, 5.41) is 1.20. The first-order valence-electron chi connectivity index (χ1n) is 6.18. The lowest BCUT2D eigenvalue weighted by molar-refractivity contribution is 0.503. The van der Waals surface area contributed by atoms with Crippen LogP contribution in [0.3, 0.4) is 0 Å². The molecular weight excluding hydrogens is 228 g/mol. The summed E-state index contributed by atoms with van der Waals surface area (Å²) in [4.78, 5) is 4.77. The first kappa shape index (κ1) is 12.5. The fraction of sp³-hybridized carbons (Fsp3) is 0.500. The Morgan fingerprint density at radius 1 is 1.35 bits per heavy atom. The third-order valence-electron chi connectivity index (χ3n) is 3.03. The van der Waals surface area contributed by atoms with Gasteiger partial charge in [0.25, 0.3) is 0 Å². The van der Waals surface area contributed by atoms with Crippen molar-refractivity contribution in [1.29, 1.82) is 0 Å². The molecule has 17 heavy (non-hydrogen) atoms. The van der Waals surface area contributed by atoms with E-state index in [1.165, 1.54) is 15.3 Å². The summed E-state index contributed by atoms with van der Waals surface area (Å²) in [6.07, 6.45) is 1.12. The smallest absolute Gasteiger partial charge is 0.0982 e. The van der Waals surface area contributed by atoms with Gasteiger partial charge in [0.05, 0.1) is 15.2 Å². The van der Waals surface area contributed by atoms with Crippen molar-refractivity contribution in [1.82, 2.24) is 4.98 Å². The van der Waals surface area contributed by atoms with E-state index in [-0.39, 0.29) is 0 Å². The molecule has 0 spiro atoms. The average Bonchev–Trinajstić information content (AvgIpc) is 2.70. The van der Waals surface area contributed by atoms with Crippen molar-refractivity contribution in [3.8, 4) is 0 Å². The van der Waals surface area contributed by atoms with Gasteiger partial charge < -0.3 is 5.73 Å². The number of aryl methyl sites for hydroxylation is 1. The van der Waals surface area contributed by atoms with Crippen LogP contribution in [-0.2, 0) is 0 Å². The maximum absolute atomic E-state index is 5.88. The lowest BCUT2D eigenvalue weighted by Gasteiger charge is -2.13. The van der Waals surface area contributed by atoms with E-state index >= 15 is 0 Å². The maximum atomic E-state index is 5.88. The molecule has 0 saturated carbocycles. The third kappa shape index (κ3) is 2.67. The van der Waals surface area contributed by atoms with Crippen LogP contribution < -0.4 is 5.73 Å². The Labute approximate surface area is 107 Å². The largest absolute Gasteiger partial charge is 0.330 e. The molecule has 1 aromatic carbocycles. The molecule has 0 aliphatic rings. The Hall–Kier alpha value is -0.930. The summed E-state index contributed by atoms with van der Waals surface area (Å²) in [6, 6.07) is 6.36. The number of rotatable bonds is 4. The highest BCUT2D eigenvalue weighted by molar-refractivity contribution is 7.18. The highest BCUT2D eigenvalue weighted by Gasteiger charge is 2.16. The number of nitrogens with two attached hydrogens (primary N) is 1. The summed E-state index contributed by atoms with van der Waals surface area (Å²) < 4.78 is 1.28. The molecule has 1 heterocycles. The van der Waals surface area contributed by atoms with Crippen LogP contribution in [0.15, 0.2) is 18.2 Å². The number of nitrogens with zero attached hydrogens (tertiary/aromatic N) is 1. The van der Waals surface area contributed by atoms with Gasteiger partial charge in [-0.25, -0.2) is 4.98 Å². The molecule has 2 rings (SSSR count). The second kappa shape index (κ2) is 5.15. The van der Waals surface area contributed by atoms with Crippen LogP contribution in [0.25, 0.3) is 10.2 Å². The Kier molecular flexibility index (Phi) is 3.79. The summed E-state index contributed by atoms with van der Waals surface area (Å²) in [7, 11) is 0. The van der Waals surface area contributed by atoms with Crippen molar-refractivity contribution < 1.29 is 0 Å². The van der Waals surface area contributed by atoms with Gasteiger partial charge in [0, 0.05) is 12.5 Å². The van der Waals surface area contributed by atoms with Crippen LogP contribution in [0.2, 0.25) is 0 Å². The van der Waals surface area contributed by atoms with E-state index in [0.717, 1.165) is 11.9 Å². The lowest BCUT2D eigenvalue weighted by atomic mass is 9.98. The van der Waals surface area contributed by atoms with Crippen molar-refractivity contribution in [3.63, 3.8) is 0 Å². The van der Waals surface area contributed by atoms with E-state index in [9.17, 15) is 0 Å². The molecule has 0 aliphatic carbocycles. The van der Waals surface area contributed by atoms with Gasteiger partial charge in [-0.3, -0.25) is 0 Å². The first-order chi connectivity index (χ1) is 8.11. The van der Waals surface area contributed by atoms with Crippen molar-refractivity contribution in [3.05, 3.63) is 28.8 Å². The minimum absolute atomic E-state index is 0.409. The lowest BCUT2D eigenvalue weighted by Crippen LogP contribution is -2.14. The number of benzene rings is 1. The average molecular weight is 248 g/mol. The molecule has 2 aromatic rings. The molecule has 0 amide bonds. The molecule has 0 saturated heterocycles. The molecule has 1 aromatic heterocycles. The molecule has 0 fully saturated rings. The molecule has 1 unspecified atom stereocenters. The number of hydrogen-bond acceptors (Lipinski definition) is 3. The van der Waals surface area contributed by atoms with Gasteiger partial charge in [-0.2, -0.15) is 0 Å². The van der Waals surface area contributed by atoms with E-state index in [1.54, 1.807) is 11.3 Å². The van der Waals surface area contributed by atoms with Gasteiger partial charge in [0.1, 0.15) is 0 Å². The number of aromatic nitrogens is 1. The topological polar surface area (TPSA) is 38.9 Å². The monoisotopic (exact) mass is 248 g/mol. The van der Waals surface area contributed by atoms with Crippen LogP contribution in [0, 0.1) is 12.8 Å². The summed E-state index contributed by atoms with van der Waals surface area (Å²) in [5.41, 5.74) is 8.28.